The van der Waals surface area contributed by atoms with E-state index in [1.54, 1.807) is 11.0 Å². The fraction of sp³-hybridized carbons (Fsp3) is 0.467. The monoisotopic (exact) mass is 294 g/mol. The van der Waals surface area contributed by atoms with E-state index in [0.717, 1.165) is 6.42 Å². The third-order valence-electron chi connectivity index (χ3n) is 3.87. The number of rotatable bonds is 3. The Morgan fingerprint density at radius 2 is 2.33 bits per heavy atom. The van der Waals surface area contributed by atoms with Crippen molar-refractivity contribution in [1.82, 2.24) is 4.90 Å². The normalized spacial score (nSPS) is 20.6. The lowest BCUT2D eigenvalue weighted by atomic mass is 9.93. The summed E-state index contributed by atoms with van der Waals surface area (Å²) in [6, 6.07) is 4.21. The van der Waals surface area contributed by atoms with E-state index in [0.29, 0.717) is 31.0 Å². The molecular weight excluding hydrogens is 275 g/mol. The largest absolute Gasteiger partial charge is 0.497 e. The summed E-state index contributed by atoms with van der Waals surface area (Å²) in [5.74, 6) is -0.530. The predicted octanol–water partition coefficient (Wildman–Crippen LogP) is 2.54. The van der Waals surface area contributed by atoms with Crippen LogP contribution in [-0.2, 0) is 0 Å². The van der Waals surface area contributed by atoms with E-state index in [9.17, 15) is 9.18 Å². The Hall–Kier alpha value is -2.11. The van der Waals surface area contributed by atoms with Gasteiger partial charge in [-0.05, 0) is 18.6 Å². The molecule has 21 heavy (non-hydrogen) atoms. The Balaban J connectivity index is 2.17. The van der Waals surface area contributed by atoms with E-state index in [4.69, 9.17) is 9.94 Å². The summed E-state index contributed by atoms with van der Waals surface area (Å²) < 4.78 is 18.9. The van der Waals surface area contributed by atoms with Crippen LogP contribution in [0, 0.1) is 11.7 Å². The first-order valence-corrected chi connectivity index (χ1v) is 6.94. The second-order valence-electron chi connectivity index (χ2n) is 5.04. The molecule has 1 heterocycles. The number of hydrogen-bond donors (Lipinski definition) is 1. The Labute approximate surface area is 123 Å². The fourth-order valence-electron chi connectivity index (χ4n) is 2.56. The summed E-state index contributed by atoms with van der Waals surface area (Å²) in [6.07, 6.45) is 1.28. The van der Waals surface area contributed by atoms with Crippen molar-refractivity contribution in [1.29, 1.82) is 0 Å². The molecule has 0 aromatic heterocycles. The van der Waals surface area contributed by atoms with Crippen LogP contribution in [0.25, 0.3) is 0 Å². The zero-order valence-electron chi connectivity index (χ0n) is 12.2. The van der Waals surface area contributed by atoms with Crippen LogP contribution in [0.4, 0.5) is 4.39 Å². The Bertz CT molecular complexity index is 560. The number of oxime groups is 1. The number of methoxy groups -OCH3 is 1. The number of piperidine rings is 1. The molecule has 1 atom stereocenters. The minimum Gasteiger partial charge on any atom is -0.497 e. The molecule has 1 fully saturated rings. The number of amides is 1. The molecule has 1 saturated heterocycles. The van der Waals surface area contributed by atoms with Gasteiger partial charge in [0.2, 0.25) is 0 Å². The molecule has 1 amide bonds. The van der Waals surface area contributed by atoms with Crippen molar-refractivity contribution in [3.8, 4) is 5.75 Å². The number of carbonyl (C=O) groups is 1. The molecule has 1 aromatic carbocycles. The standard InChI is InChI=1S/C15H19FN2O3/c1-3-10-9-18(7-6-14(10)17-20)15(19)12-5-4-11(21-2)8-13(12)16/h4-5,8,10,20H,3,6-7,9H2,1-2H3/b17-14+. The first-order chi connectivity index (χ1) is 10.1. The van der Waals surface area contributed by atoms with Crippen molar-refractivity contribution in [2.45, 2.75) is 19.8 Å². The van der Waals surface area contributed by atoms with E-state index >= 15 is 0 Å². The van der Waals surface area contributed by atoms with Gasteiger partial charge in [0.05, 0.1) is 18.4 Å². The van der Waals surface area contributed by atoms with E-state index < -0.39 is 5.82 Å². The molecule has 0 spiro atoms. The Kier molecular flexibility index (Phi) is 4.77. The van der Waals surface area contributed by atoms with Gasteiger partial charge < -0.3 is 14.8 Å². The number of hydrogen-bond acceptors (Lipinski definition) is 4. The van der Waals surface area contributed by atoms with Crippen LogP contribution >= 0.6 is 0 Å². The minimum absolute atomic E-state index is 0.0222. The quantitative estimate of drug-likeness (QED) is 0.688. The van der Waals surface area contributed by atoms with Crippen LogP contribution in [0.15, 0.2) is 23.4 Å². The number of halogens is 1. The maximum Gasteiger partial charge on any atom is 0.256 e. The van der Waals surface area contributed by atoms with Crippen molar-refractivity contribution in [3.63, 3.8) is 0 Å². The summed E-state index contributed by atoms with van der Waals surface area (Å²) in [6.45, 7) is 2.85. The van der Waals surface area contributed by atoms with Crippen LogP contribution in [0.2, 0.25) is 0 Å². The highest BCUT2D eigenvalue weighted by Crippen LogP contribution is 2.22. The second-order valence-corrected chi connectivity index (χ2v) is 5.04. The maximum atomic E-state index is 14.0. The summed E-state index contributed by atoms with van der Waals surface area (Å²) in [4.78, 5) is 14.0. The van der Waals surface area contributed by atoms with Crippen LogP contribution in [0.1, 0.15) is 30.1 Å². The van der Waals surface area contributed by atoms with Crippen molar-refractivity contribution in [2.24, 2.45) is 11.1 Å². The summed E-state index contributed by atoms with van der Waals surface area (Å²) in [5.41, 5.74) is 0.742. The number of carbonyl (C=O) groups excluding carboxylic acids is 1. The lowest BCUT2D eigenvalue weighted by Gasteiger charge is -2.33. The van der Waals surface area contributed by atoms with Gasteiger partial charge in [-0.1, -0.05) is 12.1 Å². The molecular formula is C15H19FN2O3. The lowest BCUT2D eigenvalue weighted by Crippen LogP contribution is -2.44. The third kappa shape index (κ3) is 3.15. The maximum absolute atomic E-state index is 14.0. The molecule has 0 saturated carbocycles. The molecule has 0 radical (unpaired) electrons. The molecule has 5 nitrogen and oxygen atoms in total. The lowest BCUT2D eigenvalue weighted by molar-refractivity contribution is 0.0724. The van der Waals surface area contributed by atoms with E-state index in [-0.39, 0.29) is 17.4 Å². The van der Waals surface area contributed by atoms with Gasteiger partial charge in [0.25, 0.3) is 5.91 Å². The minimum atomic E-state index is -0.589. The topological polar surface area (TPSA) is 62.1 Å². The Morgan fingerprint density at radius 3 is 2.90 bits per heavy atom. The molecule has 1 aromatic rings. The SMILES string of the molecule is CCC1CN(C(=O)c2ccc(OC)cc2F)CC/C1=N\O. The highest BCUT2D eigenvalue weighted by atomic mass is 19.1. The molecule has 0 aliphatic carbocycles. The first-order valence-electron chi connectivity index (χ1n) is 6.94. The average molecular weight is 294 g/mol. The fourth-order valence-corrected chi connectivity index (χ4v) is 2.56. The Morgan fingerprint density at radius 1 is 1.57 bits per heavy atom. The van der Waals surface area contributed by atoms with Gasteiger partial charge in [-0.25, -0.2) is 4.39 Å². The van der Waals surface area contributed by atoms with Crippen LogP contribution in [-0.4, -0.2) is 41.9 Å². The van der Waals surface area contributed by atoms with Gasteiger partial charge >= 0.3 is 0 Å². The molecule has 0 bridgehead atoms. The highest BCUT2D eigenvalue weighted by molar-refractivity contribution is 5.96. The third-order valence-corrected chi connectivity index (χ3v) is 3.87. The van der Waals surface area contributed by atoms with Gasteiger partial charge in [0.15, 0.2) is 0 Å². The zero-order valence-corrected chi connectivity index (χ0v) is 12.2. The van der Waals surface area contributed by atoms with E-state index in [1.165, 1.54) is 19.2 Å². The van der Waals surface area contributed by atoms with Crippen LogP contribution in [0.3, 0.4) is 0 Å². The van der Waals surface area contributed by atoms with Gasteiger partial charge in [-0.3, -0.25) is 4.79 Å². The predicted molar refractivity (Wildman–Crippen MR) is 76.5 cm³/mol. The second kappa shape index (κ2) is 6.56. The molecule has 1 unspecified atom stereocenters. The van der Waals surface area contributed by atoms with Crippen LogP contribution < -0.4 is 4.74 Å². The molecule has 114 valence electrons. The molecule has 6 heteroatoms. The van der Waals surface area contributed by atoms with Crippen molar-refractivity contribution in [3.05, 3.63) is 29.6 Å². The summed E-state index contributed by atoms with van der Waals surface area (Å²) in [5, 5.41) is 12.2. The van der Waals surface area contributed by atoms with Crippen molar-refractivity contribution >= 4 is 11.6 Å². The van der Waals surface area contributed by atoms with Gasteiger partial charge in [-0.15, -0.1) is 0 Å². The van der Waals surface area contributed by atoms with E-state index in [2.05, 4.69) is 5.16 Å². The molecule has 1 N–H and O–H groups in total. The van der Waals surface area contributed by atoms with Crippen molar-refractivity contribution < 1.29 is 19.1 Å². The number of ether oxygens (including phenoxy) is 1. The first kappa shape index (κ1) is 15.3. The smallest absolute Gasteiger partial charge is 0.256 e. The number of likely N-dealkylation sites (tertiary alicyclic amines) is 1. The molecule has 2 rings (SSSR count). The van der Waals surface area contributed by atoms with E-state index in [1.807, 2.05) is 6.92 Å². The number of nitrogens with zero attached hydrogens (tertiary/aromatic N) is 2. The van der Waals surface area contributed by atoms with Gasteiger partial charge in [0.1, 0.15) is 11.6 Å². The number of benzene rings is 1. The molecule has 1 aliphatic rings. The van der Waals surface area contributed by atoms with Crippen molar-refractivity contribution in [2.75, 3.05) is 20.2 Å². The highest BCUT2D eigenvalue weighted by Gasteiger charge is 2.29. The summed E-state index contributed by atoms with van der Waals surface area (Å²) >= 11 is 0. The summed E-state index contributed by atoms with van der Waals surface area (Å²) in [7, 11) is 1.45. The van der Waals surface area contributed by atoms with Gasteiger partial charge in [-0.2, -0.15) is 0 Å². The molecule has 1 aliphatic heterocycles. The zero-order chi connectivity index (χ0) is 15.4. The van der Waals surface area contributed by atoms with Gasteiger partial charge in [0, 0.05) is 31.5 Å². The van der Waals surface area contributed by atoms with Crippen LogP contribution in [0.5, 0.6) is 5.75 Å². The average Bonchev–Trinajstić information content (AvgIpc) is 2.53.